The molecule has 6 aliphatic rings. The van der Waals surface area contributed by atoms with Gasteiger partial charge in [-0.15, -0.1) is 0 Å². The van der Waals surface area contributed by atoms with E-state index in [1.54, 1.807) is 12.5 Å². The van der Waals surface area contributed by atoms with Gasteiger partial charge in [-0.3, -0.25) is 9.59 Å². The summed E-state index contributed by atoms with van der Waals surface area (Å²) < 4.78 is 1.92. The third-order valence-electron chi connectivity index (χ3n) is 8.91. The van der Waals surface area contributed by atoms with Crippen LogP contribution in [0, 0.1) is 36.5 Å². The lowest BCUT2D eigenvalue weighted by Gasteiger charge is -2.53. The van der Waals surface area contributed by atoms with E-state index in [9.17, 15) is 9.59 Å². The smallest absolute Gasteiger partial charge is 0.243 e. The summed E-state index contributed by atoms with van der Waals surface area (Å²) in [6, 6.07) is 0.614. The Bertz CT molecular complexity index is 805. The summed E-state index contributed by atoms with van der Waals surface area (Å²) in [5.41, 5.74) is 1.01. The fourth-order valence-electron chi connectivity index (χ4n) is 7.94. The molecule has 1 aromatic heterocycles. The molecule has 6 bridgehead atoms. The summed E-state index contributed by atoms with van der Waals surface area (Å²) in [7, 11) is 0. The quantitative estimate of drug-likeness (QED) is 0.850. The van der Waals surface area contributed by atoms with E-state index >= 15 is 0 Å². The van der Waals surface area contributed by atoms with E-state index in [-0.39, 0.29) is 23.9 Å². The summed E-state index contributed by atoms with van der Waals surface area (Å²) >= 11 is 0. The van der Waals surface area contributed by atoms with Crippen LogP contribution in [0.3, 0.4) is 0 Å². The van der Waals surface area contributed by atoms with Crippen LogP contribution in [0.15, 0.2) is 12.5 Å². The van der Waals surface area contributed by atoms with Gasteiger partial charge in [0.25, 0.3) is 0 Å². The molecule has 2 amide bonds. The normalized spacial score (nSPS) is 41.9. The van der Waals surface area contributed by atoms with Crippen LogP contribution in [0.25, 0.3) is 0 Å². The summed E-state index contributed by atoms with van der Waals surface area (Å²) in [6.07, 6.45) is 13.1. The van der Waals surface area contributed by atoms with Gasteiger partial charge in [-0.05, 0) is 82.0 Å². The first-order valence-electron chi connectivity index (χ1n) is 11.6. The number of nitrogens with zero attached hydrogens (tertiary/aromatic N) is 3. The topological polar surface area (TPSA) is 67.2 Å². The van der Waals surface area contributed by atoms with Gasteiger partial charge < -0.3 is 14.8 Å². The van der Waals surface area contributed by atoms with Crippen molar-refractivity contribution in [2.45, 2.75) is 83.0 Å². The molecule has 29 heavy (non-hydrogen) atoms. The Morgan fingerprint density at radius 3 is 2.45 bits per heavy atom. The largest absolute Gasteiger partial charge is 0.351 e. The van der Waals surface area contributed by atoms with E-state index in [2.05, 4.69) is 15.2 Å². The molecule has 3 atom stereocenters. The maximum Gasteiger partial charge on any atom is 0.243 e. The number of imidazole rings is 1. The molecule has 6 heteroatoms. The van der Waals surface area contributed by atoms with Crippen molar-refractivity contribution in [1.29, 1.82) is 0 Å². The monoisotopic (exact) mass is 396 g/mol. The summed E-state index contributed by atoms with van der Waals surface area (Å²) in [5, 5.41) is 3.44. The maximum absolute atomic E-state index is 13.3. The van der Waals surface area contributed by atoms with E-state index in [4.69, 9.17) is 0 Å². The highest BCUT2D eigenvalue weighted by atomic mass is 16.2. The molecular weight excluding hydrogens is 364 g/mol. The van der Waals surface area contributed by atoms with Gasteiger partial charge in [0.05, 0.1) is 18.4 Å². The first kappa shape index (κ1) is 18.0. The molecule has 1 aromatic rings. The summed E-state index contributed by atoms with van der Waals surface area (Å²) in [4.78, 5) is 32.6. The standard InChI is InChI=1S/C23H32N4O2/c1-13-10-24-12-26(13)11-21(28)27-18-2-3-20(27)19(9-18)25-23(29)22-16-5-14-4-15(7-16)8-17(22)6-14/h10,12,14-20,22H,2-9,11H2,1H3,(H,25,29)/t14?,15?,16?,17?,18-,19+,20+,22?/m1/s1. The number of carbonyl (C=O) groups is 2. The molecule has 2 aliphatic heterocycles. The molecule has 1 N–H and O–H groups in total. The molecular formula is C23H32N4O2. The van der Waals surface area contributed by atoms with Crippen molar-refractivity contribution in [2.75, 3.05) is 0 Å². The average Bonchev–Trinajstić information content (AvgIpc) is 3.35. The molecule has 0 aromatic carbocycles. The van der Waals surface area contributed by atoms with Gasteiger partial charge >= 0.3 is 0 Å². The molecule has 0 spiro atoms. The number of rotatable bonds is 4. The van der Waals surface area contributed by atoms with E-state index in [0.717, 1.165) is 36.8 Å². The fraction of sp³-hybridized carbons (Fsp3) is 0.783. The molecule has 4 saturated carbocycles. The van der Waals surface area contributed by atoms with Gasteiger partial charge in [0, 0.05) is 23.9 Å². The van der Waals surface area contributed by atoms with Crippen molar-refractivity contribution in [1.82, 2.24) is 19.8 Å². The minimum absolute atomic E-state index is 0.145. The van der Waals surface area contributed by atoms with Crippen molar-refractivity contribution < 1.29 is 9.59 Å². The number of aromatic nitrogens is 2. The highest BCUT2D eigenvalue weighted by Gasteiger charge is 2.53. The lowest BCUT2D eigenvalue weighted by Crippen LogP contribution is -2.54. The molecule has 2 saturated heterocycles. The van der Waals surface area contributed by atoms with Crippen LogP contribution in [0.4, 0.5) is 0 Å². The Labute approximate surface area is 172 Å². The second-order valence-electron chi connectivity index (χ2n) is 10.6. The predicted octanol–water partition coefficient (Wildman–Crippen LogP) is 2.51. The molecule has 0 radical (unpaired) electrons. The Kier molecular flexibility index (Phi) is 4.07. The molecule has 3 heterocycles. The van der Waals surface area contributed by atoms with Crippen molar-refractivity contribution in [3.63, 3.8) is 0 Å². The van der Waals surface area contributed by atoms with E-state index in [1.165, 1.54) is 32.1 Å². The van der Waals surface area contributed by atoms with Crippen molar-refractivity contribution in [3.05, 3.63) is 18.2 Å². The number of aryl methyl sites for hydroxylation is 1. The lowest BCUT2D eigenvalue weighted by atomic mass is 9.51. The average molecular weight is 397 g/mol. The summed E-state index contributed by atoms with van der Waals surface area (Å²) in [6.45, 7) is 2.34. The number of fused-ring (bicyclic) bond motifs is 2. The van der Waals surface area contributed by atoms with Crippen LogP contribution < -0.4 is 5.32 Å². The minimum atomic E-state index is 0.145. The lowest BCUT2D eigenvalue weighted by molar-refractivity contribution is -0.140. The van der Waals surface area contributed by atoms with E-state index in [0.29, 0.717) is 30.3 Å². The maximum atomic E-state index is 13.3. The van der Waals surface area contributed by atoms with Gasteiger partial charge in [-0.2, -0.15) is 0 Å². The molecule has 6 nitrogen and oxygen atoms in total. The van der Waals surface area contributed by atoms with Crippen LogP contribution in [-0.2, 0) is 16.1 Å². The molecule has 7 rings (SSSR count). The predicted molar refractivity (Wildman–Crippen MR) is 108 cm³/mol. The Hall–Kier alpha value is -1.85. The highest BCUT2D eigenvalue weighted by Crippen LogP contribution is 2.56. The number of nitrogens with one attached hydrogen (secondary N) is 1. The SMILES string of the molecule is Cc1cncn1CC(=O)N1[C@@H]2CC[C@H]1[C@@H](NC(=O)C1C3CC4CC(C3)CC1C4)C2. The zero-order valence-corrected chi connectivity index (χ0v) is 17.3. The molecule has 4 aliphatic carbocycles. The number of carbonyl (C=O) groups excluding carboxylic acids is 2. The minimum Gasteiger partial charge on any atom is -0.351 e. The van der Waals surface area contributed by atoms with Crippen molar-refractivity contribution in [3.8, 4) is 0 Å². The van der Waals surface area contributed by atoms with E-state index in [1.807, 2.05) is 11.5 Å². The van der Waals surface area contributed by atoms with Crippen molar-refractivity contribution >= 4 is 11.8 Å². The highest BCUT2D eigenvalue weighted by molar-refractivity contribution is 5.81. The Morgan fingerprint density at radius 1 is 1.07 bits per heavy atom. The molecule has 0 unspecified atom stereocenters. The number of hydrogen-bond donors (Lipinski definition) is 1. The van der Waals surface area contributed by atoms with Crippen LogP contribution in [0.1, 0.15) is 57.1 Å². The Balaban J connectivity index is 1.13. The van der Waals surface area contributed by atoms with Gasteiger partial charge in [0.15, 0.2) is 0 Å². The van der Waals surface area contributed by atoms with Crippen LogP contribution in [-0.4, -0.2) is 44.4 Å². The fourth-order valence-corrected chi connectivity index (χ4v) is 7.94. The first-order valence-corrected chi connectivity index (χ1v) is 11.6. The molecule has 6 fully saturated rings. The van der Waals surface area contributed by atoms with Crippen LogP contribution in [0.5, 0.6) is 0 Å². The second kappa shape index (κ2) is 6.58. The van der Waals surface area contributed by atoms with Gasteiger partial charge in [0.1, 0.15) is 6.54 Å². The Morgan fingerprint density at radius 2 is 1.79 bits per heavy atom. The number of amides is 2. The zero-order valence-electron chi connectivity index (χ0n) is 17.3. The third-order valence-corrected chi connectivity index (χ3v) is 8.91. The number of hydrogen-bond acceptors (Lipinski definition) is 3. The zero-order chi connectivity index (χ0) is 19.7. The van der Waals surface area contributed by atoms with Crippen LogP contribution in [0.2, 0.25) is 0 Å². The van der Waals surface area contributed by atoms with E-state index < -0.39 is 0 Å². The first-order chi connectivity index (χ1) is 14.1. The third kappa shape index (κ3) is 2.85. The van der Waals surface area contributed by atoms with Gasteiger partial charge in [0.2, 0.25) is 11.8 Å². The van der Waals surface area contributed by atoms with Gasteiger partial charge in [-0.25, -0.2) is 4.98 Å². The van der Waals surface area contributed by atoms with Gasteiger partial charge in [-0.1, -0.05) is 0 Å². The van der Waals surface area contributed by atoms with Crippen molar-refractivity contribution in [2.24, 2.45) is 29.6 Å². The summed E-state index contributed by atoms with van der Waals surface area (Å²) in [5.74, 6) is 3.73. The van der Waals surface area contributed by atoms with Crippen LogP contribution >= 0.6 is 0 Å². The molecule has 156 valence electrons. The second-order valence-corrected chi connectivity index (χ2v) is 10.6.